The van der Waals surface area contributed by atoms with Crippen LogP contribution in [0, 0.1) is 18.2 Å². The molecule has 1 saturated carbocycles. The molecule has 0 aromatic heterocycles. The summed E-state index contributed by atoms with van der Waals surface area (Å²) in [7, 11) is 0. The molecule has 0 radical (unpaired) electrons. The van der Waals surface area contributed by atoms with Crippen LogP contribution in [0.1, 0.15) is 45.1 Å². The van der Waals surface area contributed by atoms with E-state index in [1.54, 1.807) is 6.07 Å². The quantitative estimate of drug-likeness (QED) is 0.795. The molecule has 0 aliphatic heterocycles. The molecule has 0 bridgehead atoms. The van der Waals surface area contributed by atoms with Crippen LogP contribution in [0.4, 0.5) is 10.1 Å². The molecule has 1 aromatic rings. The van der Waals surface area contributed by atoms with Gasteiger partial charge in [-0.3, -0.25) is 0 Å². The lowest BCUT2D eigenvalue weighted by Gasteiger charge is -2.35. The number of nitrogens with one attached hydrogen (secondary N) is 1. The molecule has 94 valence electrons. The fraction of sp³-hybridized carbons (Fsp3) is 0.600. The monoisotopic (exact) mass is 235 g/mol. The van der Waals surface area contributed by atoms with E-state index in [4.69, 9.17) is 0 Å². The summed E-state index contributed by atoms with van der Waals surface area (Å²) in [6.07, 6.45) is 4.87. The van der Waals surface area contributed by atoms with Crippen molar-refractivity contribution in [3.63, 3.8) is 0 Å². The Bertz CT molecular complexity index is 388. The first-order valence-electron chi connectivity index (χ1n) is 6.49. The van der Waals surface area contributed by atoms with Crippen molar-refractivity contribution in [2.45, 2.75) is 52.5 Å². The Morgan fingerprint density at radius 3 is 2.53 bits per heavy atom. The van der Waals surface area contributed by atoms with Crippen LogP contribution in [0.3, 0.4) is 0 Å². The summed E-state index contributed by atoms with van der Waals surface area (Å²) < 4.78 is 13.2. The van der Waals surface area contributed by atoms with Gasteiger partial charge in [0.2, 0.25) is 0 Å². The van der Waals surface area contributed by atoms with E-state index in [0.717, 1.165) is 11.3 Å². The van der Waals surface area contributed by atoms with Gasteiger partial charge in [0.1, 0.15) is 5.82 Å². The van der Waals surface area contributed by atoms with Crippen LogP contribution >= 0.6 is 0 Å². The lowest BCUT2D eigenvalue weighted by atomic mass is 9.75. The van der Waals surface area contributed by atoms with Crippen LogP contribution in [-0.4, -0.2) is 6.04 Å². The average Bonchev–Trinajstić information content (AvgIpc) is 2.26. The zero-order valence-electron chi connectivity index (χ0n) is 11.0. The maximum absolute atomic E-state index is 13.2. The minimum Gasteiger partial charge on any atom is -0.382 e. The van der Waals surface area contributed by atoms with Crippen molar-refractivity contribution >= 4 is 5.69 Å². The summed E-state index contributed by atoms with van der Waals surface area (Å²) in [5.41, 5.74) is 2.56. The second-order valence-electron chi connectivity index (χ2n) is 6.04. The summed E-state index contributed by atoms with van der Waals surface area (Å²) in [6.45, 7) is 6.68. The first-order chi connectivity index (χ1) is 7.96. The van der Waals surface area contributed by atoms with E-state index in [0.29, 0.717) is 11.5 Å². The number of aryl methyl sites for hydroxylation is 1. The molecule has 1 aromatic carbocycles. The van der Waals surface area contributed by atoms with E-state index in [2.05, 4.69) is 19.2 Å². The Morgan fingerprint density at radius 1 is 1.24 bits per heavy atom. The molecular weight excluding hydrogens is 213 g/mol. The molecule has 0 amide bonds. The molecule has 0 unspecified atom stereocenters. The molecule has 0 atom stereocenters. The van der Waals surface area contributed by atoms with E-state index in [1.807, 2.05) is 13.0 Å². The Hall–Kier alpha value is -1.05. The molecular formula is C15H22FN. The normalized spacial score (nSPS) is 20.2. The predicted octanol–water partition coefficient (Wildman–Crippen LogP) is 4.51. The maximum atomic E-state index is 13.2. The lowest BCUT2D eigenvalue weighted by Crippen LogP contribution is -2.30. The van der Waals surface area contributed by atoms with E-state index in [9.17, 15) is 4.39 Å². The van der Waals surface area contributed by atoms with Crippen molar-refractivity contribution in [1.82, 2.24) is 0 Å². The summed E-state index contributed by atoms with van der Waals surface area (Å²) in [6, 6.07) is 5.47. The van der Waals surface area contributed by atoms with Crippen LogP contribution in [0.25, 0.3) is 0 Å². The number of halogens is 1. The first-order valence-corrected chi connectivity index (χ1v) is 6.49. The van der Waals surface area contributed by atoms with Gasteiger partial charge in [0.15, 0.2) is 0 Å². The van der Waals surface area contributed by atoms with Gasteiger partial charge in [-0.15, -0.1) is 0 Å². The number of anilines is 1. The number of benzene rings is 1. The minimum atomic E-state index is -0.158. The fourth-order valence-corrected chi connectivity index (χ4v) is 2.51. The van der Waals surface area contributed by atoms with Gasteiger partial charge in [-0.05, 0) is 55.7 Å². The van der Waals surface area contributed by atoms with Gasteiger partial charge in [0, 0.05) is 11.7 Å². The highest BCUT2D eigenvalue weighted by Gasteiger charge is 2.26. The molecule has 0 heterocycles. The molecule has 1 aliphatic carbocycles. The van der Waals surface area contributed by atoms with E-state index < -0.39 is 0 Å². The molecule has 1 nitrogen and oxygen atoms in total. The predicted molar refractivity (Wildman–Crippen MR) is 70.8 cm³/mol. The lowest BCUT2D eigenvalue weighted by molar-refractivity contribution is 0.232. The molecule has 1 aliphatic rings. The number of hydrogen-bond donors (Lipinski definition) is 1. The van der Waals surface area contributed by atoms with Crippen LogP contribution in [0.15, 0.2) is 18.2 Å². The van der Waals surface area contributed by atoms with Crippen LogP contribution in [0.5, 0.6) is 0 Å². The topological polar surface area (TPSA) is 12.0 Å². The third kappa shape index (κ3) is 3.21. The van der Waals surface area contributed by atoms with Crippen molar-refractivity contribution < 1.29 is 4.39 Å². The van der Waals surface area contributed by atoms with Gasteiger partial charge in [-0.25, -0.2) is 4.39 Å². The van der Waals surface area contributed by atoms with Gasteiger partial charge in [-0.1, -0.05) is 19.9 Å². The van der Waals surface area contributed by atoms with Crippen molar-refractivity contribution in [2.75, 3.05) is 5.32 Å². The Balaban J connectivity index is 2.00. The average molecular weight is 235 g/mol. The van der Waals surface area contributed by atoms with E-state index in [1.165, 1.54) is 31.7 Å². The highest BCUT2D eigenvalue weighted by Crippen LogP contribution is 2.36. The zero-order valence-corrected chi connectivity index (χ0v) is 11.0. The zero-order chi connectivity index (χ0) is 12.5. The summed E-state index contributed by atoms with van der Waals surface area (Å²) in [4.78, 5) is 0. The van der Waals surface area contributed by atoms with Gasteiger partial charge in [0.25, 0.3) is 0 Å². The van der Waals surface area contributed by atoms with Gasteiger partial charge in [-0.2, -0.15) is 0 Å². The first kappa shape index (κ1) is 12.4. The molecule has 17 heavy (non-hydrogen) atoms. The summed E-state index contributed by atoms with van der Waals surface area (Å²) >= 11 is 0. The molecule has 0 spiro atoms. The van der Waals surface area contributed by atoms with Crippen LogP contribution in [0.2, 0.25) is 0 Å². The second-order valence-corrected chi connectivity index (χ2v) is 6.04. The largest absolute Gasteiger partial charge is 0.382 e. The van der Waals surface area contributed by atoms with Crippen molar-refractivity contribution in [3.8, 4) is 0 Å². The Morgan fingerprint density at radius 2 is 1.88 bits per heavy atom. The van der Waals surface area contributed by atoms with Crippen molar-refractivity contribution in [2.24, 2.45) is 5.41 Å². The molecule has 0 saturated heterocycles. The number of hydrogen-bond acceptors (Lipinski definition) is 1. The highest BCUT2D eigenvalue weighted by atomic mass is 19.1. The third-order valence-electron chi connectivity index (χ3n) is 3.90. The van der Waals surface area contributed by atoms with Crippen LogP contribution in [-0.2, 0) is 0 Å². The standard InChI is InChI=1S/C15H22FN/c1-11-4-5-12(16)10-14(11)17-13-6-8-15(2,3)9-7-13/h4-5,10,13,17H,6-9H2,1-3H3. The highest BCUT2D eigenvalue weighted by molar-refractivity contribution is 5.51. The van der Waals surface area contributed by atoms with E-state index >= 15 is 0 Å². The summed E-state index contributed by atoms with van der Waals surface area (Å²) in [5, 5.41) is 3.49. The second kappa shape index (κ2) is 4.67. The number of rotatable bonds is 2. The van der Waals surface area contributed by atoms with Gasteiger partial charge >= 0.3 is 0 Å². The molecule has 1 fully saturated rings. The third-order valence-corrected chi connectivity index (χ3v) is 3.90. The fourth-order valence-electron chi connectivity index (χ4n) is 2.51. The summed E-state index contributed by atoms with van der Waals surface area (Å²) in [5.74, 6) is -0.158. The van der Waals surface area contributed by atoms with Gasteiger partial charge in [0.05, 0.1) is 0 Å². The Kier molecular flexibility index (Phi) is 3.41. The van der Waals surface area contributed by atoms with Crippen LogP contribution < -0.4 is 5.32 Å². The smallest absolute Gasteiger partial charge is 0.125 e. The van der Waals surface area contributed by atoms with Crippen molar-refractivity contribution in [3.05, 3.63) is 29.6 Å². The SMILES string of the molecule is Cc1ccc(F)cc1NC1CCC(C)(C)CC1. The molecule has 2 rings (SSSR count). The van der Waals surface area contributed by atoms with Crippen molar-refractivity contribution in [1.29, 1.82) is 0 Å². The Labute approximate surface area is 103 Å². The maximum Gasteiger partial charge on any atom is 0.125 e. The molecule has 1 N–H and O–H groups in total. The van der Waals surface area contributed by atoms with E-state index in [-0.39, 0.29) is 5.82 Å². The van der Waals surface area contributed by atoms with Gasteiger partial charge < -0.3 is 5.32 Å². The minimum absolute atomic E-state index is 0.158. The molecule has 2 heteroatoms.